The predicted molar refractivity (Wildman–Crippen MR) is 118 cm³/mol. The normalized spacial score (nSPS) is 22.5. The van der Waals surface area contributed by atoms with Crippen LogP contribution in [-0.4, -0.2) is 27.3 Å². The molecule has 1 aromatic carbocycles. The lowest BCUT2D eigenvalue weighted by molar-refractivity contribution is -0.116. The molecule has 1 aromatic heterocycles. The van der Waals surface area contributed by atoms with Crippen LogP contribution in [0.25, 0.3) is 0 Å². The van der Waals surface area contributed by atoms with E-state index < -0.39 is 0 Å². The van der Waals surface area contributed by atoms with Gasteiger partial charge in [-0.2, -0.15) is 15.4 Å². The minimum Gasteiger partial charge on any atom is -0.294 e. The Morgan fingerprint density at radius 2 is 1.74 bits per heavy atom. The number of nitrogens with zero attached hydrogens (tertiary/aromatic N) is 6. The standard InChI is InChI=1S/C24H22N6O/c1-13-11-14(2)27-24(26-13)30-23-20(15(3)29-30)21(17-9-7-16(12-25)8-10-17)22-18(28-23)5-4-6-19(22)31/h7-11,20-21H,4-6H2,1-3H3. The van der Waals surface area contributed by atoms with Crippen molar-refractivity contribution < 1.29 is 4.79 Å². The molecule has 31 heavy (non-hydrogen) atoms. The number of nitriles is 1. The lowest BCUT2D eigenvalue weighted by Crippen LogP contribution is -2.38. The summed E-state index contributed by atoms with van der Waals surface area (Å²) in [5, 5.41) is 15.7. The second-order valence-electron chi connectivity index (χ2n) is 8.30. The van der Waals surface area contributed by atoms with Crippen LogP contribution in [0.4, 0.5) is 5.95 Å². The number of aryl methyl sites for hydroxylation is 2. The van der Waals surface area contributed by atoms with E-state index in [4.69, 9.17) is 10.1 Å². The van der Waals surface area contributed by atoms with E-state index in [1.807, 2.05) is 39.0 Å². The Balaban J connectivity index is 1.68. The number of ketones is 1. The molecule has 154 valence electrons. The van der Waals surface area contributed by atoms with Gasteiger partial charge in [-0.15, -0.1) is 0 Å². The number of carbonyl (C=O) groups is 1. The van der Waals surface area contributed by atoms with E-state index in [9.17, 15) is 10.1 Å². The van der Waals surface area contributed by atoms with Crippen molar-refractivity contribution in [1.82, 2.24) is 9.97 Å². The molecule has 5 rings (SSSR count). The summed E-state index contributed by atoms with van der Waals surface area (Å²) in [6.45, 7) is 5.84. The molecule has 0 saturated carbocycles. The molecule has 0 bridgehead atoms. The summed E-state index contributed by atoms with van der Waals surface area (Å²) in [6.07, 6.45) is 2.12. The van der Waals surface area contributed by atoms with Gasteiger partial charge < -0.3 is 0 Å². The minimum atomic E-state index is -0.178. The second-order valence-corrected chi connectivity index (χ2v) is 8.30. The molecular formula is C24H22N6O. The summed E-state index contributed by atoms with van der Waals surface area (Å²) in [4.78, 5) is 27.1. The molecule has 0 radical (unpaired) electrons. The van der Waals surface area contributed by atoms with Crippen LogP contribution in [0, 0.1) is 31.1 Å². The van der Waals surface area contributed by atoms with Gasteiger partial charge in [0.1, 0.15) is 5.84 Å². The van der Waals surface area contributed by atoms with Crippen molar-refractivity contribution >= 4 is 23.3 Å². The number of fused-ring (bicyclic) bond motifs is 1. The zero-order valence-electron chi connectivity index (χ0n) is 17.8. The maximum atomic E-state index is 13.0. The van der Waals surface area contributed by atoms with Gasteiger partial charge in [0.05, 0.1) is 17.6 Å². The van der Waals surface area contributed by atoms with Crippen LogP contribution in [0.15, 0.2) is 51.7 Å². The van der Waals surface area contributed by atoms with Gasteiger partial charge in [-0.25, -0.2) is 15.0 Å². The summed E-state index contributed by atoms with van der Waals surface area (Å²) in [6, 6.07) is 11.6. The van der Waals surface area contributed by atoms with Crippen LogP contribution >= 0.6 is 0 Å². The van der Waals surface area contributed by atoms with Crippen molar-refractivity contribution in [3.63, 3.8) is 0 Å². The fraction of sp³-hybridized carbons (Fsp3) is 0.333. The van der Waals surface area contributed by atoms with Crippen LogP contribution in [0.1, 0.15) is 54.6 Å². The maximum absolute atomic E-state index is 13.0. The Morgan fingerprint density at radius 3 is 2.42 bits per heavy atom. The molecule has 2 aromatic rings. The molecule has 2 unspecified atom stereocenters. The van der Waals surface area contributed by atoms with E-state index >= 15 is 0 Å². The van der Waals surface area contributed by atoms with Crippen molar-refractivity contribution in [2.24, 2.45) is 16.0 Å². The van der Waals surface area contributed by atoms with Gasteiger partial charge in [-0.1, -0.05) is 12.1 Å². The number of hydrogen-bond acceptors (Lipinski definition) is 7. The highest BCUT2D eigenvalue weighted by molar-refractivity contribution is 6.20. The molecule has 7 nitrogen and oxygen atoms in total. The summed E-state index contributed by atoms with van der Waals surface area (Å²) in [7, 11) is 0. The fourth-order valence-corrected chi connectivity index (χ4v) is 4.79. The van der Waals surface area contributed by atoms with Crippen LogP contribution in [0.5, 0.6) is 0 Å². The molecule has 7 heteroatoms. The van der Waals surface area contributed by atoms with Crippen molar-refractivity contribution in [3.8, 4) is 6.07 Å². The summed E-state index contributed by atoms with van der Waals surface area (Å²) in [5.74, 6) is 1.08. The second kappa shape index (κ2) is 7.24. The molecular weight excluding hydrogens is 388 g/mol. The molecule has 2 aliphatic heterocycles. The number of Topliss-reactive ketones (excluding diaryl/α,β-unsaturated/α-hetero) is 1. The Morgan fingerprint density at radius 1 is 1.03 bits per heavy atom. The van der Waals surface area contributed by atoms with E-state index in [1.54, 1.807) is 17.1 Å². The number of hydrogen-bond donors (Lipinski definition) is 0. The zero-order chi connectivity index (χ0) is 21.7. The van der Waals surface area contributed by atoms with Crippen molar-refractivity contribution in [1.29, 1.82) is 5.26 Å². The smallest absolute Gasteiger partial charge is 0.252 e. The topological polar surface area (TPSA) is 94.6 Å². The number of benzene rings is 1. The summed E-state index contributed by atoms with van der Waals surface area (Å²) >= 11 is 0. The Bertz CT molecular complexity index is 1210. The third kappa shape index (κ3) is 3.15. The minimum absolute atomic E-state index is 0.160. The van der Waals surface area contributed by atoms with Gasteiger partial charge in [0.15, 0.2) is 5.78 Å². The van der Waals surface area contributed by atoms with E-state index in [1.165, 1.54) is 0 Å². The first-order valence-electron chi connectivity index (χ1n) is 10.5. The number of amidine groups is 1. The van der Waals surface area contributed by atoms with Crippen molar-refractivity contribution in [2.45, 2.75) is 46.0 Å². The third-order valence-electron chi connectivity index (χ3n) is 6.08. The highest BCUT2D eigenvalue weighted by atomic mass is 16.1. The molecule has 1 aliphatic carbocycles. The lowest BCUT2D eigenvalue weighted by atomic mass is 9.71. The van der Waals surface area contributed by atoms with Gasteiger partial charge in [-0.3, -0.25) is 4.79 Å². The van der Waals surface area contributed by atoms with E-state index in [2.05, 4.69) is 16.0 Å². The number of aromatic nitrogens is 2. The molecule has 0 fully saturated rings. The van der Waals surface area contributed by atoms with Crippen molar-refractivity contribution in [2.75, 3.05) is 5.01 Å². The fourth-order valence-electron chi connectivity index (χ4n) is 4.79. The van der Waals surface area contributed by atoms with Crippen LogP contribution in [0.2, 0.25) is 0 Å². The summed E-state index contributed by atoms with van der Waals surface area (Å²) in [5.41, 5.74) is 5.84. The third-order valence-corrected chi connectivity index (χ3v) is 6.08. The molecule has 0 spiro atoms. The van der Waals surface area contributed by atoms with E-state index in [0.717, 1.165) is 52.6 Å². The first kappa shape index (κ1) is 19.3. The monoisotopic (exact) mass is 410 g/mol. The predicted octanol–water partition coefficient (Wildman–Crippen LogP) is 3.98. The largest absolute Gasteiger partial charge is 0.294 e. The van der Waals surface area contributed by atoms with E-state index in [0.29, 0.717) is 17.9 Å². The Labute approximate surface area is 180 Å². The van der Waals surface area contributed by atoms with Gasteiger partial charge in [0, 0.05) is 40.7 Å². The van der Waals surface area contributed by atoms with Crippen LogP contribution in [0.3, 0.4) is 0 Å². The first-order chi connectivity index (χ1) is 15.0. The number of aliphatic imine (C=N–C) groups is 1. The summed E-state index contributed by atoms with van der Waals surface area (Å²) < 4.78 is 0. The van der Waals surface area contributed by atoms with Crippen molar-refractivity contribution in [3.05, 3.63) is 64.1 Å². The van der Waals surface area contributed by atoms with Crippen LogP contribution < -0.4 is 5.01 Å². The number of carbonyl (C=O) groups excluding carboxylic acids is 1. The number of allylic oxidation sites excluding steroid dienone is 2. The average molecular weight is 410 g/mol. The number of hydrazone groups is 1. The quantitative estimate of drug-likeness (QED) is 0.746. The number of rotatable bonds is 2. The molecule has 2 atom stereocenters. The maximum Gasteiger partial charge on any atom is 0.252 e. The van der Waals surface area contributed by atoms with Gasteiger partial charge >= 0.3 is 0 Å². The zero-order valence-corrected chi connectivity index (χ0v) is 17.8. The number of anilines is 1. The molecule has 0 N–H and O–H groups in total. The van der Waals surface area contributed by atoms with Gasteiger partial charge in [0.2, 0.25) is 0 Å². The van der Waals surface area contributed by atoms with Crippen LogP contribution in [-0.2, 0) is 4.79 Å². The average Bonchev–Trinajstić information content (AvgIpc) is 3.08. The lowest BCUT2D eigenvalue weighted by Gasteiger charge is -2.34. The van der Waals surface area contributed by atoms with Gasteiger partial charge in [-0.05, 0) is 57.4 Å². The first-order valence-corrected chi connectivity index (χ1v) is 10.5. The van der Waals surface area contributed by atoms with E-state index in [-0.39, 0.29) is 17.6 Å². The SMILES string of the molecule is CC1=NN(c2nc(C)cc(C)n2)C2=NC3=C(C(=O)CCC3)C(c3ccc(C#N)cc3)C12. The highest BCUT2D eigenvalue weighted by Gasteiger charge is 2.47. The Kier molecular flexibility index (Phi) is 4.51. The molecule has 3 aliphatic rings. The molecule has 3 heterocycles. The highest BCUT2D eigenvalue weighted by Crippen LogP contribution is 2.46. The Hall–Kier alpha value is -3.66. The molecule has 0 amide bonds. The van der Waals surface area contributed by atoms with Gasteiger partial charge in [0.25, 0.3) is 5.95 Å². The molecule has 0 saturated heterocycles.